The van der Waals surface area contributed by atoms with Crippen LogP contribution in [0.2, 0.25) is 0 Å². The van der Waals surface area contributed by atoms with Gasteiger partial charge in [-0.15, -0.1) is 0 Å². The van der Waals surface area contributed by atoms with Crippen molar-refractivity contribution in [3.8, 4) is 0 Å². The van der Waals surface area contributed by atoms with Crippen molar-refractivity contribution in [1.29, 1.82) is 0 Å². The zero-order chi connectivity index (χ0) is 35.2. The smallest absolute Gasteiger partial charge is 0.306 e. The molecule has 0 aromatic carbocycles. The molecule has 3 saturated carbocycles. The third-order valence-corrected chi connectivity index (χ3v) is 12.9. The third kappa shape index (κ3) is 8.07. The van der Waals surface area contributed by atoms with Crippen molar-refractivity contribution in [1.82, 2.24) is 0 Å². The number of aliphatic hydroxyl groups is 3. The minimum Gasteiger partial charge on any atom is -0.481 e. The van der Waals surface area contributed by atoms with Crippen molar-refractivity contribution in [3.63, 3.8) is 0 Å². The summed E-state index contributed by atoms with van der Waals surface area (Å²) >= 11 is 0. The number of halogens is 1. The van der Waals surface area contributed by atoms with Crippen LogP contribution in [-0.2, 0) is 14.4 Å². The summed E-state index contributed by atoms with van der Waals surface area (Å²) in [6.45, 7) is 5.43. The molecule has 0 amide bonds. The highest BCUT2D eigenvalue weighted by atomic mass is 19.1. The van der Waals surface area contributed by atoms with E-state index in [0.717, 1.165) is 76.2 Å². The number of hydrogen-bond donors (Lipinski definition) is 4. The van der Waals surface area contributed by atoms with Crippen molar-refractivity contribution in [2.75, 3.05) is 0 Å². The number of aliphatic hydroxyl groups excluding tert-OH is 1. The number of rotatable bonds is 19. The maximum atomic E-state index is 17.1. The van der Waals surface area contributed by atoms with E-state index in [4.69, 9.17) is 5.11 Å². The maximum absolute atomic E-state index is 17.1. The molecule has 0 aliphatic heterocycles. The summed E-state index contributed by atoms with van der Waals surface area (Å²) in [5, 5.41) is 41.7. The van der Waals surface area contributed by atoms with Gasteiger partial charge in [-0.1, -0.05) is 75.7 Å². The molecule has 0 radical (unpaired) electrons. The fraction of sp³-hybridized carbons (Fsp3) is 0.775. The van der Waals surface area contributed by atoms with E-state index in [9.17, 15) is 29.7 Å². The van der Waals surface area contributed by atoms with E-state index in [2.05, 4.69) is 12.2 Å². The molecule has 48 heavy (non-hydrogen) atoms. The molecule has 3 unspecified atom stereocenters. The highest BCUT2D eigenvalue weighted by molar-refractivity contribution is 6.01. The molecule has 0 spiro atoms. The van der Waals surface area contributed by atoms with Crippen molar-refractivity contribution < 1.29 is 39.2 Å². The first-order chi connectivity index (χ1) is 22.6. The van der Waals surface area contributed by atoms with Crippen LogP contribution >= 0.6 is 0 Å². The summed E-state index contributed by atoms with van der Waals surface area (Å²) in [5.41, 5.74) is -5.07. The van der Waals surface area contributed by atoms with Crippen molar-refractivity contribution in [2.45, 2.75) is 172 Å². The van der Waals surface area contributed by atoms with Crippen LogP contribution in [-0.4, -0.2) is 60.9 Å². The lowest BCUT2D eigenvalue weighted by Crippen LogP contribution is -2.64. The van der Waals surface area contributed by atoms with Crippen LogP contribution in [0, 0.1) is 22.7 Å². The number of Topliss-reactive ketones (excluding diaryl/α,β-unsaturated/α-hetero) is 1. The summed E-state index contributed by atoms with van der Waals surface area (Å²) in [7, 11) is 0. The van der Waals surface area contributed by atoms with Gasteiger partial charge >= 0.3 is 5.97 Å². The second-order valence-corrected chi connectivity index (χ2v) is 16.3. The molecule has 3 fully saturated rings. The Morgan fingerprint density at radius 1 is 0.958 bits per heavy atom. The standard InChI is InChI=1S/C40H61FO7/c1-36(47,28-34(44)45)22-16-14-12-10-8-6-4-5-7-9-11-13-15-17-33(43)35(46)40(48)24-21-31-32-19-18-29-27-30(42)20-23-37(29,2)39(32,41)26-25-38(31,40)3/h6,8,20,23,27,31-33,43,47-48H,4-5,7,9-19,21-22,24-26,28H2,1-3H3,(H,44,45)/t31-,32-,33?,36?,37-,38-,39?,40-/m0/s1. The van der Waals surface area contributed by atoms with E-state index in [1.165, 1.54) is 6.08 Å². The largest absolute Gasteiger partial charge is 0.481 e. The lowest BCUT2D eigenvalue weighted by molar-refractivity contribution is -0.182. The van der Waals surface area contributed by atoms with Crippen molar-refractivity contribution in [2.24, 2.45) is 22.7 Å². The molecular formula is C40H61FO7. The number of alkyl halides is 1. The van der Waals surface area contributed by atoms with Crippen LogP contribution in [0.15, 0.2) is 36.0 Å². The molecule has 270 valence electrons. The summed E-state index contributed by atoms with van der Waals surface area (Å²) in [6, 6.07) is 0. The number of hydrogen-bond acceptors (Lipinski definition) is 6. The Morgan fingerprint density at radius 2 is 1.58 bits per heavy atom. The summed E-state index contributed by atoms with van der Waals surface area (Å²) < 4.78 is 17.1. The zero-order valence-corrected chi connectivity index (χ0v) is 29.7. The Bertz CT molecular complexity index is 1250. The fourth-order valence-corrected chi connectivity index (χ4v) is 9.82. The molecule has 8 atom stereocenters. The van der Waals surface area contributed by atoms with Gasteiger partial charge in [0.2, 0.25) is 0 Å². The number of ketones is 2. The van der Waals surface area contributed by atoms with Gasteiger partial charge in [0.05, 0.1) is 12.0 Å². The Morgan fingerprint density at radius 3 is 2.25 bits per heavy atom. The summed E-state index contributed by atoms with van der Waals surface area (Å²) in [5.74, 6) is -2.00. The third-order valence-electron chi connectivity index (χ3n) is 12.9. The number of carboxylic acids is 1. The van der Waals surface area contributed by atoms with E-state index >= 15 is 4.39 Å². The van der Waals surface area contributed by atoms with E-state index in [0.29, 0.717) is 38.5 Å². The van der Waals surface area contributed by atoms with E-state index < -0.39 is 45.6 Å². The molecule has 0 aromatic heterocycles. The Kier molecular flexibility index (Phi) is 12.7. The highest BCUT2D eigenvalue weighted by Crippen LogP contribution is 2.69. The van der Waals surface area contributed by atoms with Gasteiger partial charge in [0.25, 0.3) is 0 Å². The minimum atomic E-state index is -1.65. The van der Waals surface area contributed by atoms with Crippen LogP contribution in [0.4, 0.5) is 4.39 Å². The number of unbranched alkanes of at least 4 members (excludes halogenated alkanes) is 9. The zero-order valence-electron chi connectivity index (χ0n) is 29.7. The molecule has 4 aliphatic carbocycles. The lowest BCUT2D eigenvalue weighted by atomic mass is 9.45. The van der Waals surface area contributed by atoms with Crippen molar-refractivity contribution >= 4 is 17.5 Å². The molecule has 0 aromatic rings. The molecule has 0 bridgehead atoms. The van der Waals surface area contributed by atoms with Gasteiger partial charge in [0.15, 0.2) is 11.6 Å². The van der Waals surface area contributed by atoms with Crippen LogP contribution in [0.3, 0.4) is 0 Å². The first kappa shape index (κ1) is 38.6. The second-order valence-electron chi connectivity index (χ2n) is 16.3. The molecule has 7 nitrogen and oxygen atoms in total. The van der Waals surface area contributed by atoms with Gasteiger partial charge in [-0.25, -0.2) is 4.39 Å². The van der Waals surface area contributed by atoms with Gasteiger partial charge in [-0.3, -0.25) is 14.4 Å². The molecule has 0 heterocycles. The average molecular weight is 673 g/mol. The monoisotopic (exact) mass is 672 g/mol. The predicted octanol–water partition coefficient (Wildman–Crippen LogP) is 7.90. The van der Waals surface area contributed by atoms with E-state index in [1.807, 2.05) is 13.8 Å². The molecule has 8 heteroatoms. The van der Waals surface area contributed by atoms with Crippen LogP contribution in [0.5, 0.6) is 0 Å². The molecule has 4 rings (SSSR count). The molecule has 4 N–H and O–H groups in total. The van der Waals surface area contributed by atoms with Crippen molar-refractivity contribution in [3.05, 3.63) is 36.0 Å². The predicted molar refractivity (Wildman–Crippen MR) is 185 cm³/mol. The van der Waals surface area contributed by atoms with Gasteiger partial charge in [-0.2, -0.15) is 0 Å². The first-order valence-corrected chi connectivity index (χ1v) is 18.8. The van der Waals surface area contributed by atoms with E-state index in [1.54, 1.807) is 19.1 Å². The topological polar surface area (TPSA) is 132 Å². The SMILES string of the molecule is CC(O)(CCCCCC=CCCCCCCCCC(O)C(=O)[C@@]1(O)CC[C@H]2[C@@H]3CCC4=CC(=O)C=C[C@]4(C)C3(F)CC[C@@]21C)CC(=O)O. The van der Waals surface area contributed by atoms with Gasteiger partial charge < -0.3 is 20.4 Å². The molecule has 4 aliphatic rings. The lowest BCUT2D eigenvalue weighted by Gasteiger charge is -2.61. The van der Waals surface area contributed by atoms with Crippen LogP contribution in [0.25, 0.3) is 0 Å². The number of carboxylic acid groups (broad SMARTS) is 1. The Hall–Kier alpha value is -2.16. The normalized spacial score (nSPS) is 34.6. The Balaban J connectivity index is 1.11. The molecule has 0 saturated heterocycles. The summed E-state index contributed by atoms with van der Waals surface area (Å²) in [4.78, 5) is 36.5. The summed E-state index contributed by atoms with van der Waals surface area (Å²) in [6.07, 6.45) is 22.3. The number of carbonyl (C=O) groups excluding carboxylic acids is 2. The minimum absolute atomic E-state index is 0.0884. The first-order valence-electron chi connectivity index (χ1n) is 18.8. The quantitative estimate of drug-likeness (QED) is 0.0810. The number of allylic oxidation sites excluding steroid dienone is 6. The Labute approximate surface area is 287 Å². The number of aliphatic carboxylic acids is 1. The van der Waals surface area contributed by atoms with Gasteiger partial charge in [0.1, 0.15) is 17.4 Å². The maximum Gasteiger partial charge on any atom is 0.306 e. The van der Waals surface area contributed by atoms with E-state index in [-0.39, 0.29) is 36.9 Å². The molecular weight excluding hydrogens is 611 g/mol. The highest BCUT2D eigenvalue weighted by Gasteiger charge is 2.71. The number of carbonyl (C=O) groups is 3. The average Bonchev–Trinajstić information content (AvgIpc) is 3.29. The second kappa shape index (κ2) is 15.8. The van der Waals surface area contributed by atoms with Gasteiger partial charge in [-0.05, 0) is 115 Å². The van der Waals surface area contributed by atoms with Crippen LogP contribution in [0.1, 0.15) is 149 Å². The number of fused-ring (bicyclic) bond motifs is 5. The van der Waals surface area contributed by atoms with Crippen LogP contribution < -0.4 is 0 Å². The van der Waals surface area contributed by atoms with Gasteiger partial charge in [0, 0.05) is 10.8 Å². The fourth-order valence-electron chi connectivity index (χ4n) is 9.82.